The summed E-state index contributed by atoms with van der Waals surface area (Å²) < 4.78 is 19.3. The lowest BCUT2D eigenvalue weighted by Crippen LogP contribution is -2.37. The molecule has 3 nitrogen and oxygen atoms in total. The third kappa shape index (κ3) is 2.12. The van der Waals surface area contributed by atoms with E-state index in [0.717, 1.165) is 19.3 Å². The summed E-state index contributed by atoms with van der Waals surface area (Å²) in [4.78, 5) is 0. The van der Waals surface area contributed by atoms with Crippen LogP contribution in [0.3, 0.4) is 0 Å². The highest BCUT2D eigenvalue weighted by Gasteiger charge is 2.40. The molecule has 2 fully saturated rings. The summed E-state index contributed by atoms with van der Waals surface area (Å²) >= 11 is 0. The van der Waals surface area contributed by atoms with Gasteiger partial charge >= 0.3 is 0 Å². The molecule has 0 radical (unpaired) electrons. The maximum absolute atomic E-state index is 13.6. The molecule has 0 amide bonds. The lowest BCUT2D eigenvalue weighted by atomic mass is 9.95. The van der Waals surface area contributed by atoms with Crippen LogP contribution in [-0.2, 0) is 11.3 Å². The van der Waals surface area contributed by atoms with Crippen molar-refractivity contribution in [1.29, 1.82) is 5.26 Å². The molecule has 2 bridgehead atoms. The van der Waals surface area contributed by atoms with Gasteiger partial charge in [-0.05, 0) is 37.5 Å². The predicted octanol–water partition coefficient (Wildman–Crippen LogP) is 2.11. The second kappa shape index (κ2) is 4.68. The summed E-state index contributed by atoms with van der Waals surface area (Å²) in [6.07, 6.45) is 3.95. The van der Waals surface area contributed by atoms with Gasteiger partial charge in [0.2, 0.25) is 0 Å². The zero-order chi connectivity index (χ0) is 12.5. The number of nitrogens with one attached hydrogen (secondary N) is 1. The average molecular weight is 246 g/mol. The van der Waals surface area contributed by atoms with Gasteiger partial charge in [0, 0.05) is 18.2 Å². The van der Waals surface area contributed by atoms with E-state index >= 15 is 0 Å². The fourth-order valence-electron chi connectivity index (χ4n) is 2.87. The van der Waals surface area contributed by atoms with Crippen LogP contribution >= 0.6 is 0 Å². The third-order valence-corrected chi connectivity index (χ3v) is 3.84. The van der Waals surface area contributed by atoms with Crippen LogP contribution < -0.4 is 5.32 Å². The van der Waals surface area contributed by atoms with Crippen LogP contribution in [0.5, 0.6) is 0 Å². The highest BCUT2D eigenvalue weighted by Crippen LogP contribution is 2.34. The van der Waals surface area contributed by atoms with Gasteiger partial charge in [-0.1, -0.05) is 0 Å². The van der Waals surface area contributed by atoms with Crippen LogP contribution in [0, 0.1) is 17.1 Å². The van der Waals surface area contributed by atoms with E-state index in [1.807, 2.05) is 6.07 Å². The summed E-state index contributed by atoms with van der Waals surface area (Å²) in [5.74, 6) is -0.259. The van der Waals surface area contributed by atoms with Crippen LogP contribution in [-0.4, -0.2) is 18.2 Å². The van der Waals surface area contributed by atoms with Gasteiger partial charge in [-0.25, -0.2) is 4.39 Å². The molecule has 0 aromatic heterocycles. The van der Waals surface area contributed by atoms with E-state index in [4.69, 9.17) is 10.00 Å². The Bertz CT molecular complexity index is 497. The molecule has 3 unspecified atom stereocenters. The summed E-state index contributed by atoms with van der Waals surface area (Å²) in [6.45, 7) is 0.457. The molecule has 1 aromatic carbocycles. The molecule has 18 heavy (non-hydrogen) atoms. The molecule has 2 heterocycles. The smallest absolute Gasteiger partial charge is 0.127 e. The van der Waals surface area contributed by atoms with Gasteiger partial charge in [-0.2, -0.15) is 5.26 Å². The first-order chi connectivity index (χ1) is 8.76. The number of ether oxygens (including phenoxy) is 1. The van der Waals surface area contributed by atoms with Crippen molar-refractivity contribution in [3.05, 3.63) is 35.1 Å². The molecular weight excluding hydrogens is 231 g/mol. The van der Waals surface area contributed by atoms with Gasteiger partial charge in [-0.3, -0.25) is 0 Å². The number of benzene rings is 1. The van der Waals surface area contributed by atoms with Gasteiger partial charge in [-0.15, -0.1) is 0 Å². The van der Waals surface area contributed by atoms with Crippen molar-refractivity contribution < 1.29 is 9.13 Å². The number of halogens is 1. The quantitative estimate of drug-likeness (QED) is 0.888. The van der Waals surface area contributed by atoms with Crippen molar-refractivity contribution >= 4 is 0 Å². The summed E-state index contributed by atoms with van der Waals surface area (Å²) in [6, 6.07) is 6.82. The molecule has 3 atom stereocenters. The topological polar surface area (TPSA) is 45.0 Å². The van der Waals surface area contributed by atoms with E-state index in [-0.39, 0.29) is 11.9 Å². The van der Waals surface area contributed by atoms with Crippen molar-refractivity contribution in [1.82, 2.24) is 5.32 Å². The molecule has 2 aliphatic rings. The van der Waals surface area contributed by atoms with Gasteiger partial charge in [0.1, 0.15) is 5.82 Å². The van der Waals surface area contributed by atoms with Crippen molar-refractivity contribution in [2.24, 2.45) is 0 Å². The standard InChI is InChI=1S/C14H15FN2O/c15-12-3-1-9(7-16)5-10(12)8-17-13-6-11-2-4-14(13)18-11/h1,3,5,11,13-14,17H,2,4,6,8H2. The van der Waals surface area contributed by atoms with Crippen LogP contribution in [0.2, 0.25) is 0 Å². The molecule has 4 heteroatoms. The fourth-order valence-corrected chi connectivity index (χ4v) is 2.87. The fraction of sp³-hybridized carbons (Fsp3) is 0.500. The zero-order valence-corrected chi connectivity index (χ0v) is 10.0. The Kier molecular flexibility index (Phi) is 3.02. The first kappa shape index (κ1) is 11.6. The average Bonchev–Trinajstić information content (AvgIpc) is 3.00. The van der Waals surface area contributed by atoms with E-state index in [2.05, 4.69) is 5.32 Å². The number of rotatable bonds is 3. The lowest BCUT2D eigenvalue weighted by Gasteiger charge is -2.20. The molecular formula is C14H15FN2O. The van der Waals surface area contributed by atoms with Gasteiger partial charge in [0.15, 0.2) is 0 Å². The van der Waals surface area contributed by atoms with Crippen LogP contribution in [0.4, 0.5) is 4.39 Å². The Hall–Kier alpha value is -1.44. The molecule has 0 aliphatic carbocycles. The molecule has 2 aliphatic heterocycles. The second-order valence-corrected chi connectivity index (χ2v) is 5.01. The van der Waals surface area contributed by atoms with Crippen LogP contribution in [0.15, 0.2) is 18.2 Å². The van der Waals surface area contributed by atoms with E-state index in [1.165, 1.54) is 12.1 Å². The largest absolute Gasteiger partial charge is 0.373 e. The molecule has 1 aromatic rings. The minimum Gasteiger partial charge on any atom is -0.373 e. The van der Waals surface area contributed by atoms with Gasteiger partial charge < -0.3 is 10.1 Å². The lowest BCUT2D eigenvalue weighted by molar-refractivity contribution is 0.0972. The minimum absolute atomic E-state index is 0.259. The Labute approximate surface area is 106 Å². The number of nitriles is 1. The maximum atomic E-state index is 13.6. The van der Waals surface area contributed by atoms with E-state index < -0.39 is 0 Å². The van der Waals surface area contributed by atoms with Crippen molar-refractivity contribution in [2.45, 2.75) is 44.1 Å². The first-order valence-corrected chi connectivity index (χ1v) is 6.33. The number of fused-ring (bicyclic) bond motifs is 2. The second-order valence-electron chi connectivity index (χ2n) is 5.01. The Morgan fingerprint density at radius 1 is 1.44 bits per heavy atom. The highest BCUT2D eigenvalue weighted by atomic mass is 19.1. The van der Waals surface area contributed by atoms with Crippen molar-refractivity contribution in [3.8, 4) is 6.07 Å². The first-order valence-electron chi connectivity index (χ1n) is 6.33. The van der Waals surface area contributed by atoms with Crippen molar-refractivity contribution in [3.63, 3.8) is 0 Å². The Balaban J connectivity index is 1.65. The molecule has 0 saturated carbocycles. The third-order valence-electron chi connectivity index (χ3n) is 3.84. The van der Waals surface area contributed by atoms with Gasteiger partial charge in [0.05, 0.1) is 23.8 Å². The SMILES string of the molecule is N#Cc1ccc(F)c(CNC2CC3CCC2O3)c1. The molecule has 0 spiro atoms. The monoisotopic (exact) mass is 246 g/mol. The van der Waals surface area contributed by atoms with Gasteiger partial charge in [0.25, 0.3) is 0 Å². The van der Waals surface area contributed by atoms with E-state index in [9.17, 15) is 4.39 Å². The minimum atomic E-state index is -0.259. The zero-order valence-electron chi connectivity index (χ0n) is 10.0. The summed E-state index contributed by atoms with van der Waals surface area (Å²) in [7, 11) is 0. The van der Waals surface area contributed by atoms with Crippen LogP contribution in [0.25, 0.3) is 0 Å². The maximum Gasteiger partial charge on any atom is 0.127 e. The Morgan fingerprint density at radius 3 is 3.00 bits per heavy atom. The molecule has 3 rings (SSSR count). The highest BCUT2D eigenvalue weighted by molar-refractivity contribution is 5.33. The van der Waals surface area contributed by atoms with E-state index in [1.54, 1.807) is 6.07 Å². The number of hydrogen-bond acceptors (Lipinski definition) is 3. The number of hydrogen-bond donors (Lipinski definition) is 1. The molecule has 94 valence electrons. The normalized spacial score (nSPS) is 29.4. The Morgan fingerprint density at radius 2 is 2.33 bits per heavy atom. The number of nitrogens with zero attached hydrogens (tertiary/aromatic N) is 1. The van der Waals surface area contributed by atoms with Crippen LogP contribution in [0.1, 0.15) is 30.4 Å². The summed E-state index contributed by atoms with van der Waals surface area (Å²) in [5, 5.41) is 12.2. The van der Waals surface area contributed by atoms with E-state index in [0.29, 0.717) is 29.8 Å². The predicted molar refractivity (Wildman–Crippen MR) is 64.3 cm³/mol. The molecule has 1 N–H and O–H groups in total. The van der Waals surface area contributed by atoms with Crippen molar-refractivity contribution in [2.75, 3.05) is 0 Å². The molecule has 2 saturated heterocycles. The summed E-state index contributed by atoms with van der Waals surface area (Å²) in [5.41, 5.74) is 1.05.